The van der Waals surface area contributed by atoms with Crippen LogP contribution in [0.3, 0.4) is 0 Å². The highest BCUT2D eigenvalue weighted by Gasteiger charge is 2.30. The number of unbranched alkanes of at least 4 members (excludes halogenated alkanes) is 32. The third-order valence-corrected chi connectivity index (χ3v) is 17.6. The van der Waals surface area contributed by atoms with Gasteiger partial charge in [0.15, 0.2) is 12.2 Å². The molecule has 0 spiro atoms. The van der Waals surface area contributed by atoms with Crippen molar-refractivity contribution in [1.82, 2.24) is 0 Å². The minimum atomic E-state index is -4.97. The number of phosphoric acid groups is 2. The second-order valence-corrected chi connectivity index (χ2v) is 27.8. The molecule has 546 valence electrons. The van der Waals surface area contributed by atoms with Crippen molar-refractivity contribution >= 4 is 39.5 Å². The minimum Gasteiger partial charge on any atom is -0.462 e. The van der Waals surface area contributed by atoms with Crippen LogP contribution in [0.4, 0.5) is 0 Å². The molecule has 0 bridgehead atoms. The van der Waals surface area contributed by atoms with E-state index in [1.54, 1.807) is 0 Å². The maximum absolute atomic E-state index is 13.0. The van der Waals surface area contributed by atoms with Crippen LogP contribution in [-0.4, -0.2) is 96.7 Å². The first-order valence-corrected chi connectivity index (χ1v) is 40.2. The van der Waals surface area contributed by atoms with Gasteiger partial charge in [-0.1, -0.05) is 280 Å². The van der Waals surface area contributed by atoms with E-state index in [2.05, 4.69) is 101 Å². The second-order valence-electron chi connectivity index (χ2n) is 24.9. The standard InChI is InChI=1S/C75H134O17P2/c1-5-9-13-17-21-25-29-31-32-33-34-35-36-38-42-44-48-52-56-60-73(78)86-66-71(92-75(80)62-58-54-50-46-40-28-24-20-16-12-8-4)68-90-94(83,84)88-64-69(76)63-87-93(81,82)89-67-70(91-74(79)61-57-53-49-45-39-27-23-19-15-11-7-3)65-85-72(77)59-55-51-47-43-41-37-30-26-22-18-14-10-6-2/h9,13,19,21,23,25,31-32,34-35,38,42,69-71,76H,5-8,10-12,14-18,20,22,24,26-30,33,36-37,39-41,43-68H2,1-4H3,(H,81,82)(H,83,84)/b13-9-,23-19-,25-21-,32-31-,35-34-,42-38-. The highest BCUT2D eigenvalue weighted by Crippen LogP contribution is 2.45. The minimum absolute atomic E-state index is 0.0886. The Labute approximate surface area is 571 Å². The molecule has 5 atom stereocenters. The first kappa shape index (κ1) is 90.5. The van der Waals surface area contributed by atoms with E-state index in [9.17, 15) is 43.2 Å². The molecule has 0 fully saturated rings. The fourth-order valence-corrected chi connectivity index (χ4v) is 11.6. The summed E-state index contributed by atoms with van der Waals surface area (Å²) in [6.45, 7) is 4.69. The van der Waals surface area contributed by atoms with Crippen LogP contribution in [0.2, 0.25) is 0 Å². The molecule has 0 aliphatic carbocycles. The van der Waals surface area contributed by atoms with Gasteiger partial charge in [0.2, 0.25) is 0 Å². The Morgan fingerprint density at radius 3 is 0.904 bits per heavy atom. The maximum atomic E-state index is 13.0. The van der Waals surface area contributed by atoms with E-state index in [4.69, 9.17) is 37.0 Å². The number of ether oxygens (including phenoxy) is 4. The van der Waals surface area contributed by atoms with Gasteiger partial charge in [0.1, 0.15) is 19.3 Å². The van der Waals surface area contributed by atoms with Crippen LogP contribution in [0.25, 0.3) is 0 Å². The molecule has 0 amide bonds. The van der Waals surface area contributed by atoms with Crippen LogP contribution in [-0.2, 0) is 65.4 Å². The Balaban J connectivity index is 5.29. The lowest BCUT2D eigenvalue weighted by Gasteiger charge is -2.21. The first-order valence-electron chi connectivity index (χ1n) is 37.2. The average molecular weight is 1370 g/mol. The van der Waals surface area contributed by atoms with Crippen molar-refractivity contribution < 1.29 is 80.2 Å². The van der Waals surface area contributed by atoms with Gasteiger partial charge in [0, 0.05) is 25.7 Å². The molecule has 94 heavy (non-hydrogen) atoms. The zero-order valence-corrected chi connectivity index (χ0v) is 61.2. The van der Waals surface area contributed by atoms with Crippen molar-refractivity contribution in [1.29, 1.82) is 0 Å². The summed E-state index contributed by atoms with van der Waals surface area (Å²) in [4.78, 5) is 72.6. The molecule has 0 saturated heterocycles. The lowest BCUT2D eigenvalue weighted by atomic mass is 10.0. The van der Waals surface area contributed by atoms with E-state index >= 15 is 0 Å². The van der Waals surface area contributed by atoms with Gasteiger partial charge in [-0.3, -0.25) is 37.3 Å². The Kier molecular flexibility index (Phi) is 65.5. The molecule has 0 rings (SSSR count). The van der Waals surface area contributed by atoms with Crippen molar-refractivity contribution in [2.45, 2.75) is 341 Å². The number of carbonyl (C=O) groups is 4. The number of aliphatic hydroxyl groups is 1. The molecular formula is C75H134O17P2. The van der Waals surface area contributed by atoms with E-state index in [0.717, 1.165) is 135 Å². The molecule has 5 unspecified atom stereocenters. The molecule has 17 nitrogen and oxygen atoms in total. The van der Waals surface area contributed by atoms with Crippen LogP contribution >= 0.6 is 15.6 Å². The molecule has 0 aromatic rings. The third kappa shape index (κ3) is 67.1. The summed E-state index contributed by atoms with van der Waals surface area (Å²) in [7, 11) is -9.93. The van der Waals surface area contributed by atoms with Crippen LogP contribution < -0.4 is 0 Å². The molecule has 0 saturated carbocycles. The van der Waals surface area contributed by atoms with Crippen LogP contribution in [0.5, 0.6) is 0 Å². The predicted octanol–water partition coefficient (Wildman–Crippen LogP) is 20.9. The normalized spacial score (nSPS) is 14.4. The van der Waals surface area contributed by atoms with Crippen LogP contribution in [0.15, 0.2) is 72.9 Å². The Morgan fingerprint density at radius 1 is 0.309 bits per heavy atom. The van der Waals surface area contributed by atoms with Gasteiger partial charge in [-0.2, -0.15) is 0 Å². The maximum Gasteiger partial charge on any atom is 0.472 e. The molecule has 3 N–H and O–H groups in total. The average Bonchev–Trinajstić information content (AvgIpc) is 1.24. The van der Waals surface area contributed by atoms with Crippen LogP contribution in [0, 0.1) is 0 Å². The smallest absolute Gasteiger partial charge is 0.462 e. The number of hydrogen-bond acceptors (Lipinski definition) is 15. The van der Waals surface area contributed by atoms with Gasteiger partial charge >= 0.3 is 39.5 Å². The number of rotatable bonds is 70. The summed E-state index contributed by atoms with van der Waals surface area (Å²) in [6.07, 6.45) is 66.2. The topological polar surface area (TPSA) is 237 Å². The van der Waals surface area contributed by atoms with Gasteiger partial charge in [-0.15, -0.1) is 0 Å². The molecule has 0 aliphatic heterocycles. The number of aliphatic hydroxyl groups excluding tert-OH is 1. The van der Waals surface area contributed by atoms with Gasteiger partial charge in [-0.25, -0.2) is 9.13 Å². The van der Waals surface area contributed by atoms with Crippen molar-refractivity contribution in [3.05, 3.63) is 72.9 Å². The van der Waals surface area contributed by atoms with E-state index < -0.39 is 97.5 Å². The summed E-state index contributed by atoms with van der Waals surface area (Å²) < 4.78 is 68.3. The van der Waals surface area contributed by atoms with E-state index in [1.165, 1.54) is 109 Å². The van der Waals surface area contributed by atoms with Gasteiger partial charge in [0.05, 0.1) is 26.4 Å². The Bertz CT molecular complexity index is 2070. The Hall–Kier alpha value is -3.50. The second kappa shape index (κ2) is 68.0. The summed E-state index contributed by atoms with van der Waals surface area (Å²) in [5.41, 5.74) is 0. The highest BCUT2D eigenvalue weighted by molar-refractivity contribution is 7.47. The Morgan fingerprint density at radius 2 is 0.564 bits per heavy atom. The molecule has 0 aromatic heterocycles. The molecule has 19 heteroatoms. The quantitative estimate of drug-likeness (QED) is 0.0169. The molecule has 0 aromatic carbocycles. The fourth-order valence-electron chi connectivity index (χ4n) is 9.99. The SMILES string of the molecule is CC/C=C\C/C=C\C/C=C\C/C=C\C/C=C\CCCCCC(=O)OCC(COP(=O)(O)OCC(O)COP(=O)(O)OCC(COC(=O)CCCCCCCCCCCCCCC)OC(=O)CCCCCCC/C=C\CCCC)OC(=O)CCCCCCCCCCCCC. The van der Waals surface area contributed by atoms with Crippen molar-refractivity contribution in [2.24, 2.45) is 0 Å². The van der Waals surface area contributed by atoms with E-state index in [0.29, 0.717) is 25.7 Å². The summed E-state index contributed by atoms with van der Waals surface area (Å²) in [5.74, 6) is -2.20. The largest absolute Gasteiger partial charge is 0.472 e. The zero-order chi connectivity index (χ0) is 69.0. The number of phosphoric ester groups is 2. The fraction of sp³-hybridized carbons (Fsp3) is 0.787. The number of hydrogen-bond donors (Lipinski definition) is 3. The lowest BCUT2D eigenvalue weighted by Crippen LogP contribution is -2.30. The number of allylic oxidation sites excluding steroid dienone is 12. The van der Waals surface area contributed by atoms with Crippen LogP contribution in [0.1, 0.15) is 323 Å². The van der Waals surface area contributed by atoms with Gasteiger partial charge < -0.3 is 33.8 Å². The van der Waals surface area contributed by atoms with Crippen molar-refractivity contribution in [3.8, 4) is 0 Å². The predicted molar refractivity (Wildman–Crippen MR) is 381 cm³/mol. The van der Waals surface area contributed by atoms with E-state index in [-0.39, 0.29) is 25.7 Å². The molecular weight excluding hydrogens is 1230 g/mol. The van der Waals surface area contributed by atoms with Gasteiger partial charge in [0.25, 0.3) is 0 Å². The number of carbonyl (C=O) groups excluding carboxylic acids is 4. The van der Waals surface area contributed by atoms with Crippen molar-refractivity contribution in [2.75, 3.05) is 39.6 Å². The number of esters is 4. The first-order chi connectivity index (χ1) is 45.7. The van der Waals surface area contributed by atoms with E-state index in [1.807, 2.05) is 0 Å². The molecule has 0 heterocycles. The zero-order valence-electron chi connectivity index (χ0n) is 59.4. The van der Waals surface area contributed by atoms with Crippen molar-refractivity contribution in [3.63, 3.8) is 0 Å². The van der Waals surface area contributed by atoms with Gasteiger partial charge in [-0.05, 0) is 89.9 Å². The summed E-state index contributed by atoms with van der Waals surface area (Å²) >= 11 is 0. The highest BCUT2D eigenvalue weighted by atomic mass is 31.2. The molecule has 0 radical (unpaired) electrons. The molecule has 0 aliphatic rings. The monoisotopic (exact) mass is 1370 g/mol. The summed E-state index contributed by atoms with van der Waals surface area (Å²) in [5, 5.41) is 10.6. The lowest BCUT2D eigenvalue weighted by molar-refractivity contribution is -0.161. The summed E-state index contributed by atoms with van der Waals surface area (Å²) in [6, 6.07) is 0. The third-order valence-electron chi connectivity index (χ3n) is 15.7.